The lowest BCUT2D eigenvalue weighted by Crippen LogP contribution is -2.42. The Balaban J connectivity index is 1.54. The molecule has 0 bridgehead atoms. The van der Waals surface area contributed by atoms with Crippen molar-refractivity contribution in [3.63, 3.8) is 0 Å². The van der Waals surface area contributed by atoms with Crippen LogP contribution in [0.25, 0.3) is 0 Å². The third-order valence-corrected chi connectivity index (χ3v) is 6.08. The predicted octanol–water partition coefficient (Wildman–Crippen LogP) is 1.86. The lowest BCUT2D eigenvalue weighted by atomic mass is 10.0. The number of carbonyl (C=O) groups is 2. The van der Waals surface area contributed by atoms with E-state index in [0.717, 1.165) is 17.7 Å². The largest absolute Gasteiger partial charge is 0.383 e. The van der Waals surface area contributed by atoms with Gasteiger partial charge in [-0.2, -0.15) is 0 Å². The van der Waals surface area contributed by atoms with E-state index in [1.807, 2.05) is 22.4 Å². The van der Waals surface area contributed by atoms with Gasteiger partial charge in [0, 0.05) is 23.9 Å². The van der Waals surface area contributed by atoms with E-state index in [1.165, 1.54) is 24.2 Å². The van der Waals surface area contributed by atoms with E-state index < -0.39 is 5.60 Å². The molecule has 2 amide bonds. The first kappa shape index (κ1) is 16.5. The summed E-state index contributed by atoms with van der Waals surface area (Å²) in [5.74, 6) is -0.319. The number of aliphatic hydroxyl groups is 1. The van der Waals surface area contributed by atoms with E-state index in [2.05, 4.69) is 5.32 Å². The summed E-state index contributed by atoms with van der Waals surface area (Å²) < 4.78 is 0. The van der Waals surface area contributed by atoms with Crippen LogP contribution in [0.4, 0.5) is 0 Å². The number of thiophene rings is 1. The summed E-state index contributed by atoms with van der Waals surface area (Å²) in [4.78, 5) is 27.3. The highest BCUT2D eigenvalue weighted by Crippen LogP contribution is 2.30. The number of carbonyl (C=O) groups excluding carboxylic acids is 2. The van der Waals surface area contributed by atoms with E-state index in [0.29, 0.717) is 19.0 Å². The SMILES string of the molecule is CC(O)(CNC(=O)C1CC(=O)N(C2CCCC2)C1)c1cccs1. The van der Waals surface area contributed by atoms with E-state index >= 15 is 0 Å². The van der Waals surface area contributed by atoms with Crippen molar-refractivity contribution in [3.05, 3.63) is 22.4 Å². The quantitative estimate of drug-likeness (QED) is 0.862. The Morgan fingerprint density at radius 2 is 2.22 bits per heavy atom. The Hall–Kier alpha value is -1.40. The molecule has 5 nitrogen and oxygen atoms in total. The van der Waals surface area contributed by atoms with E-state index in [4.69, 9.17) is 0 Å². The van der Waals surface area contributed by atoms with Crippen LogP contribution in [0.1, 0.15) is 43.9 Å². The maximum absolute atomic E-state index is 12.4. The molecule has 1 aromatic heterocycles. The normalized spacial score (nSPS) is 24.9. The van der Waals surface area contributed by atoms with Gasteiger partial charge < -0.3 is 15.3 Å². The molecule has 2 atom stereocenters. The van der Waals surface area contributed by atoms with Crippen LogP contribution < -0.4 is 5.32 Å². The number of rotatable bonds is 5. The Bertz CT molecular complexity index is 564. The summed E-state index contributed by atoms with van der Waals surface area (Å²) in [5.41, 5.74) is -1.07. The number of hydrogen-bond donors (Lipinski definition) is 2. The summed E-state index contributed by atoms with van der Waals surface area (Å²) in [6, 6.07) is 4.07. The lowest BCUT2D eigenvalue weighted by molar-refractivity contribution is -0.130. The van der Waals surface area contributed by atoms with Crippen LogP contribution >= 0.6 is 11.3 Å². The second kappa shape index (κ2) is 6.61. The average Bonchev–Trinajstić information content (AvgIpc) is 3.24. The Morgan fingerprint density at radius 1 is 1.48 bits per heavy atom. The van der Waals surface area contributed by atoms with Gasteiger partial charge in [0.1, 0.15) is 5.60 Å². The zero-order chi connectivity index (χ0) is 16.4. The van der Waals surface area contributed by atoms with Gasteiger partial charge in [0.05, 0.1) is 12.5 Å². The van der Waals surface area contributed by atoms with Crippen molar-refractivity contribution in [2.24, 2.45) is 5.92 Å². The van der Waals surface area contributed by atoms with Gasteiger partial charge in [0.15, 0.2) is 0 Å². The van der Waals surface area contributed by atoms with Gasteiger partial charge in [-0.25, -0.2) is 0 Å². The highest BCUT2D eigenvalue weighted by atomic mass is 32.1. The highest BCUT2D eigenvalue weighted by molar-refractivity contribution is 7.10. The molecule has 2 heterocycles. The molecular weight excluding hydrogens is 312 g/mol. The molecule has 126 valence electrons. The van der Waals surface area contributed by atoms with Crippen molar-refractivity contribution in [1.82, 2.24) is 10.2 Å². The summed E-state index contributed by atoms with van der Waals surface area (Å²) in [6.45, 7) is 2.39. The average molecular weight is 336 g/mol. The lowest BCUT2D eigenvalue weighted by Gasteiger charge is -2.25. The van der Waals surface area contributed by atoms with Crippen molar-refractivity contribution in [2.45, 2.75) is 50.7 Å². The molecule has 0 radical (unpaired) electrons. The molecule has 1 aliphatic heterocycles. The predicted molar refractivity (Wildman–Crippen MR) is 89.0 cm³/mol. The molecule has 3 rings (SSSR count). The van der Waals surface area contributed by atoms with Gasteiger partial charge in [0.25, 0.3) is 0 Å². The standard InChI is InChI=1S/C17H24N2O3S/c1-17(22,14-7-4-8-23-14)11-18-16(21)12-9-15(20)19(10-12)13-5-2-3-6-13/h4,7-8,12-13,22H,2-3,5-6,9-11H2,1H3,(H,18,21). The summed E-state index contributed by atoms with van der Waals surface area (Å²) in [6.07, 6.45) is 4.77. The van der Waals surface area contributed by atoms with E-state index in [-0.39, 0.29) is 24.3 Å². The van der Waals surface area contributed by atoms with Crippen molar-refractivity contribution >= 4 is 23.2 Å². The fourth-order valence-electron chi connectivity index (χ4n) is 3.55. The van der Waals surface area contributed by atoms with Gasteiger partial charge in [-0.05, 0) is 31.2 Å². The Morgan fingerprint density at radius 3 is 2.87 bits per heavy atom. The Labute approximate surface area is 140 Å². The van der Waals surface area contributed by atoms with Crippen molar-refractivity contribution in [3.8, 4) is 0 Å². The van der Waals surface area contributed by atoms with Crippen LogP contribution in [-0.4, -0.2) is 41.0 Å². The van der Waals surface area contributed by atoms with Crippen molar-refractivity contribution < 1.29 is 14.7 Å². The summed E-state index contributed by atoms with van der Waals surface area (Å²) in [7, 11) is 0. The molecule has 1 saturated heterocycles. The molecule has 0 spiro atoms. The third kappa shape index (κ3) is 3.58. The first-order valence-electron chi connectivity index (χ1n) is 8.31. The molecule has 6 heteroatoms. The maximum atomic E-state index is 12.4. The molecule has 1 aromatic rings. The minimum absolute atomic E-state index is 0.0991. The molecule has 2 N–H and O–H groups in total. The van der Waals surface area contributed by atoms with Gasteiger partial charge in [-0.1, -0.05) is 18.9 Å². The summed E-state index contributed by atoms with van der Waals surface area (Å²) in [5, 5.41) is 15.2. The molecule has 23 heavy (non-hydrogen) atoms. The molecule has 2 fully saturated rings. The zero-order valence-electron chi connectivity index (χ0n) is 13.5. The number of nitrogens with one attached hydrogen (secondary N) is 1. The van der Waals surface area contributed by atoms with Crippen molar-refractivity contribution in [1.29, 1.82) is 0 Å². The van der Waals surface area contributed by atoms with Crippen LogP contribution in [0, 0.1) is 5.92 Å². The van der Waals surface area contributed by atoms with Gasteiger partial charge in [-0.15, -0.1) is 11.3 Å². The van der Waals surface area contributed by atoms with Crippen LogP contribution in [0.15, 0.2) is 17.5 Å². The minimum atomic E-state index is -1.07. The number of amides is 2. The third-order valence-electron chi connectivity index (χ3n) is 4.95. The Kier molecular flexibility index (Phi) is 4.73. The highest BCUT2D eigenvalue weighted by Gasteiger charge is 2.39. The molecule has 2 aliphatic rings. The topological polar surface area (TPSA) is 69.6 Å². The second-order valence-corrected chi connectivity index (χ2v) is 7.80. The number of nitrogens with zero attached hydrogens (tertiary/aromatic N) is 1. The summed E-state index contributed by atoms with van der Waals surface area (Å²) >= 11 is 1.47. The first-order valence-corrected chi connectivity index (χ1v) is 9.19. The zero-order valence-corrected chi connectivity index (χ0v) is 14.3. The van der Waals surface area contributed by atoms with Crippen LogP contribution in [0.3, 0.4) is 0 Å². The fraction of sp³-hybridized carbons (Fsp3) is 0.647. The second-order valence-electron chi connectivity index (χ2n) is 6.85. The van der Waals surface area contributed by atoms with Crippen molar-refractivity contribution in [2.75, 3.05) is 13.1 Å². The smallest absolute Gasteiger partial charge is 0.225 e. The van der Waals surface area contributed by atoms with E-state index in [1.54, 1.807) is 6.92 Å². The van der Waals surface area contributed by atoms with Crippen LogP contribution in [0.5, 0.6) is 0 Å². The van der Waals surface area contributed by atoms with Gasteiger partial charge in [0.2, 0.25) is 11.8 Å². The number of likely N-dealkylation sites (tertiary alicyclic amines) is 1. The molecule has 1 aliphatic carbocycles. The minimum Gasteiger partial charge on any atom is -0.383 e. The van der Waals surface area contributed by atoms with Gasteiger partial charge in [-0.3, -0.25) is 9.59 Å². The first-order chi connectivity index (χ1) is 11.0. The monoisotopic (exact) mass is 336 g/mol. The molecule has 0 aromatic carbocycles. The van der Waals surface area contributed by atoms with Gasteiger partial charge >= 0.3 is 0 Å². The molecule has 2 unspecified atom stereocenters. The maximum Gasteiger partial charge on any atom is 0.225 e. The van der Waals surface area contributed by atoms with Crippen LogP contribution in [-0.2, 0) is 15.2 Å². The number of hydrogen-bond acceptors (Lipinski definition) is 4. The van der Waals surface area contributed by atoms with E-state index in [9.17, 15) is 14.7 Å². The fourth-order valence-corrected chi connectivity index (χ4v) is 4.34. The van der Waals surface area contributed by atoms with Crippen LogP contribution in [0.2, 0.25) is 0 Å². The molecular formula is C17H24N2O3S. The molecule has 1 saturated carbocycles.